The van der Waals surface area contributed by atoms with Gasteiger partial charge in [0.25, 0.3) is 5.56 Å². The van der Waals surface area contributed by atoms with E-state index >= 15 is 0 Å². The number of nitrogens with two attached hydrogens (primary N) is 1. The van der Waals surface area contributed by atoms with Crippen LogP contribution in [0.25, 0.3) is 0 Å². The van der Waals surface area contributed by atoms with Crippen LogP contribution in [0.3, 0.4) is 0 Å². The maximum absolute atomic E-state index is 11.2. The first-order valence-corrected chi connectivity index (χ1v) is 5.61. The van der Waals surface area contributed by atoms with Gasteiger partial charge in [-0.25, -0.2) is 4.98 Å². The standard InChI is InChI=1S/C9H12BrN3O2/c10-7-8(14)12-4-13-9(7)15-6-2-1-5(11)3-6/h4-6H,1-3,11H2,(H,12,13,14). The molecule has 5 nitrogen and oxygen atoms in total. The summed E-state index contributed by atoms with van der Waals surface area (Å²) >= 11 is 3.14. The van der Waals surface area contributed by atoms with Crippen LogP contribution in [0.1, 0.15) is 19.3 Å². The summed E-state index contributed by atoms with van der Waals surface area (Å²) < 4.78 is 5.94. The highest BCUT2D eigenvalue weighted by molar-refractivity contribution is 9.10. The Hall–Kier alpha value is -0.880. The first kappa shape index (κ1) is 10.6. The van der Waals surface area contributed by atoms with Gasteiger partial charge in [0.05, 0.1) is 6.33 Å². The zero-order chi connectivity index (χ0) is 10.8. The summed E-state index contributed by atoms with van der Waals surface area (Å²) in [6, 6.07) is 0.204. The number of nitrogens with one attached hydrogen (secondary N) is 1. The SMILES string of the molecule is NC1CCC(Oc2nc[nH]c(=O)c2Br)C1. The van der Waals surface area contributed by atoms with Gasteiger partial charge in [-0.15, -0.1) is 0 Å². The zero-order valence-electron chi connectivity index (χ0n) is 8.07. The lowest BCUT2D eigenvalue weighted by atomic mass is 10.3. The van der Waals surface area contributed by atoms with Crippen LogP contribution in [-0.4, -0.2) is 22.1 Å². The fourth-order valence-electron chi connectivity index (χ4n) is 1.69. The molecule has 3 N–H and O–H groups in total. The summed E-state index contributed by atoms with van der Waals surface area (Å²) in [5, 5.41) is 0. The summed E-state index contributed by atoms with van der Waals surface area (Å²) in [6.07, 6.45) is 4.11. The van der Waals surface area contributed by atoms with E-state index in [0.29, 0.717) is 10.4 Å². The Morgan fingerprint density at radius 1 is 1.60 bits per heavy atom. The molecule has 1 aromatic heterocycles. The van der Waals surface area contributed by atoms with Crippen LogP contribution < -0.4 is 16.0 Å². The largest absolute Gasteiger partial charge is 0.473 e. The Bertz CT molecular complexity index is 407. The number of rotatable bonds is 2. The number of aromatic nitrogens is 2. The molecule has 2 unspecified atom stereocenters. The number of hydrogen-bond donors (Lipinski definition) is 2. The number of halogens is 1. The predicted octanol–water partition coefficient (Wildman–Crippen LogP) is 0.791. The van der Waals surface area contributed by atoms with E-state index in [1.165, 1.54) is 6.33 Å². The molecule has 2 atom stereocenters. The molecular formula is C9H12BrN3O2. The maximum Gasteiger partial charge on any atom is 0.268 e. The normalized spacial score (nSPS) is 25.5. The van der Waals surface area contributed by atoms with E-state index < -0.39 is 0 Å². The first-order chi connectivity index (χ1) is 7.16. The van der Waals surface area contributed by atoms with E-state index in [-0.39, 0.29) is 17.7 Å². The lowest BCUT2D eigenvalue weighted by Crippen LogP contribution is -2.20. The summed E-state index contributed by atoms with van der Waals surface area (Å²) in [5.41, 5.74) is 5.53. The minimum absolute atomic E-state index is 0.0746. The summed E-state index contributed by atoms with van der Waals surface area (Å²) in [7, 11) is 0. The summed E-state index contributed by atoms with van der Waals surface area (Å²) in [4.78, 5) is 17.6. The van der Waals surface area contributed by atoms with Crippen molar-refractivity contribution in [3.05, 3.63) is 21.2 Å². The van der Waals surface area contributed by atoms with E-state index in [9.17, 15) is 4.79 Å². The number of aromatic amines is 1. The quantitative estimate of drug-likeness (QED) is 0.835. The van der Waals surface area contributed by atoms with Crippen molar-refractivity contribution >= 4 is 15.9 Å². The van der Waals surface area contributed by atoms with Crippen LogP contribution in [-0.2, 0) is 0 Å². The number of nitrogens with zero attached hydrogens (tertiary/aromatic N) is 1. The molecular weight excluding hydrogens is 262 g/mol. The predicted molar refractivity (Wildman–Crippen MR) is 58.8 cm³/mol. The van der Waals surface area contributed by atoms with Crippen molar-refractivity contribution in [3.63, 3.8) is 0 Å². The maximum atomic E-state index is 11.2. The molecule has 6 heteroatoms. The fourth-order valence-corrected chi connectivity index (χ4v) is 2.00. The minimum atomic E-state index is -0.234. The average molecular weight is 274 g/mol. The van der Waals surface area contributed by atoms with E-state index in [4.69, 9.17) is 10.5 Å². The lowest BCUT2D eigenvalue weighted by Gasteiger charge is -2.12. The average Bonchev–Trinajstić information content (AvgIpc) is 2.59. The fraction of sp³-hybridized carbons (Fsp3) is 0.556. The van der Waals surface area contributed by atoms with Crippen molar-refractivity contribution in [1.29, 1.82) is 0 Å². The van der Waals surface area contributed by atoms with Gasteiger partial charge in [-0.05, 0) is 35.2 Å². The molecule has 82 valence electrons. The minimum Gasteiger partial charge on any atom is -0.473 e. The van der Waals surface area contributed by atoms with Crippen LogP contribution in [0.15, 0.2) is 15.6 Å². The second kappa shape index (κ2) is 4.32. The molecule has 0 spiro atoms. The highest BCUT2D eigenvalue weighted by Crippen LogP contribution is 2.25. The molecule has 15 heavy (non-hydrogen) atoms. The zero-order valence-corrected chi connectivity index (χ0v) is 9.66. The summed E-state index contributed by atoms with van der Waals surface area (Å²) in [6.45, 7) is 0. The molecule has 1 fully saturated rings. The molecule has 1 aliphatic carbocycles. The molecule has 0 radical (unpaired) electrons. The smallest absolute Gasteiger partial charge is 0.268 e. The van der Waals surface area contributed by atoms with Crippen LogP contribution in [0, 0.1) is 0 Å². The Balaban J connectivity index is 2.11. The van der Waals surface area contributed by atoms with E-state index in [1.807, 2.05) is 0 Å². The molecule has 0 aromatic carbocycles. The molecule has 0 saturated heterocycles. The van der Waals surface area contributed by atoms with Crippen molar-refractivity contribution in [3.8, 4) is 5.88 Å². The Morgan fingerprint density at radius 2 is 2.40 bits per heavy atom. The number of H-pyrrole nitrogens is 1. The van der Waals surface area contributed by atoms with Crippen LogP contribution in [0.5, 0.6) is 5.88 Å². The van der Waals surface area contributed by atoms with Crippen molar-refractivity contribution in [2.24, 2.45) is 5.73 Å². The Labute approximate surface area is 95.2 Å². The molecule has 1 heterocycles. The van der Waals surface area contributed by atoms with Crippen molar-refractivity contribution in [2.75, 3.05) is 0 Å². The third kappa shape index (κ3) is 2.38. The van der Waals surface area contributed by atoms with Gasteiger partial charge in [0.2, 0.25) is 5.88 Å². The van der Waals surface area contributed by atoms with Crippen molar-refractivity contribution in [1.82, 2.24) is 9.97 Å². The van der Waals surface area contributed by atoms with Crippen molar-refractivity contribution in [2.45, 2.75) is 31.4 Å². The third-order valence-electron chi connectivity index (χ3n) is 2.47. The second-order valence-corrected chi connectivity index (χ2v) is 4.46. The number of hydrogen-bond acceptors (Lipinski definition) is 4. The van der Waals surface area contributed by atoms with E-state index in [1.54, 1.807) is 0 Å². The molecule has 1 aliphatic rings. The topological polar surface area (TPSA) is 81.0 Å². The van der Waals surface area contributed by atoms with Crippen molar-refractivity contribution < 1.29 is 4.74 Å². The number of ether oxygens (including phenoxy) is 1. The van der Waals surface area contributed by atoms with Gasteiger partial charge in [0.15, 0.2) is 0 Å². The van der Waals surface area contributed by atoms with Gasteiger partial charge in [-0.2, -0.15) is 0 Å². The van der Waals surface area contributed by atoms with Gasteiger partial charge < -0.3 is 15.5 Å². The van der Waals surface area contributed by atoms with Gasteiger partial charge in [-0.1, -0.05) is 0 Å². The van der Waals surface area contributed by atoms with Gasteiger partial charge in [0.1, 0.15) is 10.6 Å². The monoisotopic (exact) mass is 273 g/mol. The van der Waals surface area contributed by atoms with Gasteiger partial charge >= 0.3 is 0 Å². The highest BCUT2D eigenvalue weighted by atomic mass is 79.9. The highest BCUT2D eigenvalue weighted by Gasteiger charge is 2.24. The molecule has 0 bridgehead atoms. The Kier molecular flexibility index (Phi) is 3.06. The van der Waals surface area contributed by atoms with Crippen LogP contribution >= 0.6 is 15.9 Å². The molecule has 1 saturated carbocycles. The second-order valence-electron chi connectivity index (χ2n) is 3.66. The van der Waals surface area contributed by atoms with Crippen LogP contribution in [0.2, 0.25) is 0 Å². The molecule has 0 aliphatic heterocycles. The molecule has 0 amide bonds. The summed E-state index contributed by atoms with van der Waals surface area (Å²) in [5.74, 6) is 0.345. The van der Waals surface area contributed by atoms with E-state index in [2.05, 4.69) is 25.9 Å². The van der Waals surface area contributed by atoms with E-state index in [0.717, 1.165) is 19.3 Å². The molecule has 2 rings (SSSR count). The first-order valence-electron chi connectivity index (χ1n) is 4.82. The van der Waals surface area contributed by atoms with Gasteiger partial charge in [0, 0.05) is 6.04 Å². The van der Waals surface area contributed by atoms with Gasteiger partial charge in [-0.3, -0.25) is 4.79 Å². The Morgan fingerprint density at radius 3 is 3.07 bits per heavy atom. The third-order valence-corrected chi connectivity index (χ3v) is 3.17. The molecule has 1 aromatic rings. The lowest BCUT2D eigenvalue weighted by molar-refractivity contribution is 0.197. The van der Waals surface area contributed by atoms with Crippen LogP contribution in [0.4, 0.5) is 0 Å².